The normalized spacial score (nSPS) is 15.5. The number of nitrogens with one attached hydrogen (secondary N) is 2. The van der Waals surface area contributed by atoms with E-state index in [-0.39, 0.29) is 5.82 Å². The Kier molecular flexibility index (Phi) is 4.37. The first-order valence-electron chi connectivity index (χ1n) is 7.62. The van der Waals surface area contributed by atoms with Gasteiger partial charge in [0, 0.05) is 6.04 Å². The summed E-state index contributed by atoms with van der Waals surface area (Å²) in [5.74, 6) is 0.682. The molecule has 6 heteroatoms. The van der Waals surface area contributed by atoms with Gasteiger partial charge in [0.2, 0.25) is 0 Å². The Hall–Kier alpha value is -2.37. The van der Waals surface area contributed by atoms with Gasteiger partial charge in [-0.25, -0.2) is 14.4 Å². The van der Waals surface area contributed by atoms with Gasteiger partial charge in [0.15, 0.2) is 11.6 Å². The lowest BCUT2D eigenvalue weighted by molar-refractivity contribution is 0.462. The predicted molar refractivity (Wildman–Crippen MR) is 86.6 cm³/mol. The van der Waals surface area contributed by atoms with E-state index in [1.807, 2.05) is 0 Å². The summed E-state index contributed by atoms with van der Waals surface area (Å²) in [4.78, 5) is 8.33. The van der Waals surface area contributed by atoms with Crippen LogP contribution in [0.5, 0.6) is 0 Å². The van der Waals surface area contributed by atoms with E-state index >= 15 is 0 Å². The number of nitrogens with zero attached hydrogens (tertiary/aromatic N) is 2. The molecule has 1 fully saturated rings. The number of benzene rings is 1. The first-order chi connectivity index (χ1) is 10.7. The molecule has 4 N–H and O–H groups in total. The first kappa shape index (κ1) is 14.6. The molecule has 2 aromatic rings. The van der Waals surface area contributed by atoms with Gasteiger partial charge in [0.25, 0.3) is 0 Å². The maximum atomic E-state index is 13.7. The molecule has 0 spiro atoms. The average molecular weight is 301 g/mol. The molecule has 1 heterocycles. The zero-order valence-corrected chi connectivity index (χ0v) is 12.3. The molecule has 1 aromatic carbocycles. The second kappa shape index (κ2) is 6.60. The van der Waals surface area contributed by atoms with E-state index in [4.69, 9.17) is 5.73 Å². The van der Waals surface area contributed by atoms with Crippen LogP contribution in [0.3, 0.4) is 0 Å². The average Bonchev–Trinajstić information content (AvgIpc) is 2.54. The van der Waals surface area contributed by atoms with E-state index in [1.165, 1.54) is 31.7 Å². The van der Waals surface area contributed by atoms with Crippen molar-refractivity contribution in [3.8, 4) is 0 Å². The van der Waals surface area contributed by atoms with Crippen LogP contribution in [0, 0.1) is 5.82 Å². The summed E-state index contributed by atoms with van der Waals surface area (Å²) in [6.07, 6.45) is 7.42. The highest BCUT2D eigenvalue weighted by Crippen LogP contribution is 2.29. The molecule has 1 saturated carbocycles. The third kappa shape index (κ3) is 3.27. The van der Waals surface area contributed by atoms with Crippen LogP contribution in [-0.2, 0) is 0 Å². The van der Waals surface area contributed by atoms with Crippen molar-refractivity contribution in [1.82, 2.24) is 9.97 Å². The molecule has 0 bridgehead atoms. The molecule has 3 rings (SSSR count). The van der Waals surface area contributed by atoms with Crippen molar-refractivity contribution in [3.63, 3.8) is 0 Å². The van der Waals surface area contributed by atoms with Crippen LogP contribution in [0.4, 0.5) is 27.4 Å². The van der Waals surface area contributed by atoms with Gasteiger partial charge in [0.1, 0.15) is 17.8 Å². The van der Waals surface area contributed by atoms with Crippen molar-refractivity contribution in [2.24, 2.45) is 0 Å². The Labute approximate surface area is 129 Å². The SMILES string of the molecule is Nc1c(Nc2ccccc2F)ncnc1NC1CCCCC1. The highest BCUT2D eigenvalue weighted by atomic mass is 19.1. The standard InChI is InChI=1S/C16H20FN5/c17-12-8-4-5-9-13(12)22-16-14(18)15(19-10-20-16)21-11-6-2-1-3-7-11/h4-5,8-11H,1-3,6-7,18H2,(H2,19,20,21,22). The van der Waals surface area contributed by atoms with E-state index in [9.17, 15) is 4.39 Å². The number of nitrogens with two attached hydrogens (primary N) is 1. The summed E-state index contributed by atoms with van der Waals surface area (Å²) in [6, 6.07) is 6.82. The second-order valence-electron chi connectivity index (χ2n) is 5.57. The fraction of sp³-hybridized carbons (Fsp3) is 0.375. The minimum Gasteiger partial charge on any atom is -0.393 e. The Bertz CT molecular complexity index is 640. The number of rotatable bonds is 4. The van der Waals surface area contributed by atoms with Gasteiger partial charge in [-0.1, -0.05) is 31.4 Å². The van der Waals surface area contributed by atoms with Gasteiger partial charge in [-0.15, -0.1) is 0 Å². The minimum atomic E-state index is -0.345. The van der Waals surface area contributed by atoms with E-state index in [0.717, 1.165) is 12.8 Å². The third-order valence-electron chi connectivity index (χ3n) is 3.96. The van der Waals surface area contributed by atoms with Gasteiger partial charge < -0.3 is 16.4 Å². The molecule has 0 aliphatic heterocycles. The molecule has 0 amide bonds. The number of aromatic nitrogens is 2. The smallest absolute Gasteiger partial charge is 0.159 e. The van der Waals surface area contributed by atoms with E-state index in [0.29, 0.717) is 29.1 Å². The van der Waals surface area contributed by atoms with Crippen molar-refractivity contribution < 1.29 is 4.39 Å². The maximum Gasteiger partial charge on any atom is 0.159 e. The summed E-state index contributed by atoms with van der Waals surface area (Å²) in [7, 11) is 0. The Morgan fingerprint density at radius 1 is 1.05 bits per heavy atom. The highest BCUT2D eigenvalue weighted by Gasteiger charge is 2.16. The summed E-state index contributed by atoms with van der Waals surface area (Å²) in [5, 5.41) is 6.31. The molecular weight excluding hydrogens is 281 g/mol. The van der Waals surface area contributed by atoms with Crippen molar-refractivity contribution >= 4 is 23.0 Å². The number of anilines is 4. The molecule has 1 aliphatic carbocycles. The minimum absolute atomic E-state index is 0.344. The lowest BCUT2D eigenvalue weighted by Gasteiger charge is -2.24. The van der Waals surface area contributed by atoms with Crippen LogP contribution in [0.2, 0.25) is 0 Å². The summed E-state index contributed by atoms with van der Waals surface area (Å²) < 4.78 is 13.7. The molecule has 0 saturated heterocycles. The Morgan fingerprint density at radius 3 is 2.55 bits per heavy atom. The quantitative estimate of drug-likeness (QED) is 0.803. The van der Waals surface area contributed by atoms with Crippen molar-refractivity contribution in [3.05, 3.63) is 36.4 Å². The summed E-state index contributed by atoms with van der Waals surface area (Å²) in [5.41, 5.74) is 6.88. The molecule has 1 aromatic heterocycles. The molecule has 0 unspecified atom stereocenters. The number of para-hydroxylation sites is 1. The van der Waals surface area contributed by atoms with Crippen LogP contribution < -0.4 is 16.4 Å². The molecule has 5 nitrogen and oxygen atoms in total. The monoisotopic (exact) mass is 301 g/mol. The van der Waals surface area contributed by atoms with Crippen LogP contribution in [0.15, 0.2) is 30.6 Å². The van der Waals surface area contributed by atoms with Gasteiger partial charge in [-0.2, -0.15) is 0 Å². The highest BCUT2D eigenvalue weighted by molar-refractivity contribution is 5.77. The second-order valence-corrected chi connectivity index (χ2v) is 5.57. The van der Waals surface area contributed by atoms with Crippen molar-refractivity contribution in [1.29, 1.82) is 0 Å². The third-order valence-corrected chi connectivity index (χ3v) is 3.96. The van der Waals surface area contributed by atoms with Crippen molar-refractivity contribution in [2.75, 3.05) is 16.4 Å². The lowest BCUT2D eigenvalue weighted by Crippen LogP contribution is -2.23. The van der Waals surface area contributed by atoms with Crippen LogP contribution in [-0.4, -0.2) is 16.0 Å². The largest absolute Gasteiger partial charge is 0.393 e. The number of hydrogen-bond acceptors (Lipinski definition) is 5. The topological polar surface area (TPSA) is 75.9 Å². The fourth-order valence-corrected chi connectivity index (χ4v) is 2.74. The number of halogens is 1. The number of nitrogen functional groups attached to an aromatic ring is 1. The van der Waals surface area contributed by atoms with E-state index in [2.05, 4.69) is 20.6 Å². The van der Waals surface area contributed by atoms with Crippen LogP contribution in [0.25, 0.3) is 0 Å². The van der Waals surface area contributed by atoms with Crippen molar-refractivity contribution in [2.45, 2.75) is 38.1 Å². The van der Waals surface area contributed by atoms with Crippen LogP contribution in [0.1, 0.15) is 32.1 Å². The predicted octanol–water partition coefficient (Wildman–Crippen LogP) is 3.69. The maximum absolute atomic E-state index is 13.7. The first-order valence-corrected chi connectivity index (χ1v) is 7.62. The molecule has 1 aliphatic rings. The van der Waals surface area contributed by atoms with Gasteiger partial charge in [-0.05, 0) is 25.0 Å². The summed E-state index contributed by atoms with van der Waals surface area (Å²) >= 11 is 0. The molecular formula is C16H20FN5. The van der Waals surface area contributed by atoms with Crippen LogP contribution >= 0.6 is 0 Å². The Morgan fingerprint density at radius 2 is 1.77 bits per heavy atom. The Balaban J connectivity index is 1.78. The molecule has 0 radical (unpaired) electrons. The van der Waals surface area contributed by atoms with E-state index < -0.39 is 0 Å². The zero-order chi connectivity index (χ0) is 15.4. The fourth-order valence-electron chi connectivity index (χ4n) is 2.74. The summed E-state index contributed by atoms with van der Waals surface area (Å²) in [6.45, 7) is 0. The molecule has 116 valence electrons. The van der Waals surface area contributed by atoms with Gasteiger partial charge >= 0.3 is 0 Å². The molecule has 22 heavy (non-hydrogen) atoms. The van der Waals surface area contributed by atoms with Gasteiger partial charge in [0.05, 0.1) is 5.69 Å². The lowest BCUT2D eigenvalue weighted by atomic mass is 9.95. The number of hydrogen-bond donors (Lipinski definition) is 3. The van der Waals surface area contributed by atoms with Gasteiger partial charge in [-0.3, -0.25) is 0 Å². The van der Waals surface area contributed by atoms with E-state index in [1.54, 1.807) is 18.2 Å². The molecule has 0 atom stereocenters. The zero-order valence-electron chi connectivity index (χ0n) is 12.3.